The lowest BCUT2D eigenvalue weighted by Gasteiger charge is -2.26. The Labute approximate surface area is 92.6 Å². The summed E-state index contributed by atoms with van der Waals surface area (Å²) in [7, 11) is 0. The number of ether oxygens (including phenoxy) is 1. The summed E-state index contributed by atoms with van der Waals surface area (Å²) in [5.41, 5.74) is 0. The van der Waals surface area contributed by atoms with E-state index >= 15 is 0 Å². The molecule has 1 saturated heterocycles. The van der Waals surface area contributed by atoms with E-state index in [1.807, 2.05) is 0 Å². The summed E-state index contributed by atoms with van der Waals surface area (Å²) in [5.74, 6) is 0. The van der Waals surface area contributed by atoms with E-state index < -0.39 is 0 Å². The van der Waals surface area contributed by atoms with Crippen LogP contribution in [0, 0.1) is 0 Å². The fourth-order valence-electron chi connectivity index (χ4n) is 1.93. The van der Waals surface area contributed by atoms with Crippen LogP contribution < -0.4 is 5.32 Å². The average molecular weight is 216 g/mol. The minimum absolute atomic E-state index is 0.183. The van der Waals surface area contributed by atoms with Gasteiger partial charge in [0.2, 0.25) is 0 Å². The van der Waals surface area contributed by atoms with Crippen molar-refractivity contribution in [3.63, 3.8) is 0 Å². The molecule has 0 bridgehead atoms. The van der Waals surface area contributed by atoms with E-state index in [4.69, 9.17) is 4.74 Å². The van der Waals surface area contributed by atoms with Crippen LogP contribution in [0.25, 0.3) is 0 Å². The van der Waals surface area contributed by atoms with E-state index in [0.717, 1.165) is 39.3 Å². The molecule has 1 fully saturated rings. The summed E-state index contributed by atoms with van der Waals surface area (Å²) >= 11 is 0. The largest absolute Gasteiger partial charge is 0.395 e. The Morgan fingerprint density at radius 1 is 1.33 bits per heavy atom. The highest BCUT2D eigenvalue weighted by Gasteiger charge is 2.15. The second kappa shape index (κ2) is 7.17. The molecule has 0 aromatic carbocycles. The summed E-state index contributed by atoms with van der Waals surface area (Å²) in [4.78, 5) is 2.36. The first kappa shape index (κ1) is 12.9. The van der Waals surface area contributed by atoms with E-state index in [9.17, 15) is 5.11 Å². The molecule has 1 unspecified atom stereocenters. The third kappa shape index (κ3) is 5.47. The van der Waals surface area contributed by atoms with Gasteiger partial charge in [-0.1, -0.05) is 13.8 Å². The molecule has 90 valence electrons. The van der Waals surface area contributed by atoms with Gasteiger partial charge in [-0.25, -0.2) is 0 Å². The van der Waals surface area contributed by atoms with Gasteiger partial charge in [0.1, 0.15) is 0 Å². The zero-order valence-electron chi connectivity index (χ0n) is 9.91. The summed E-state index contributed by atoms with van der Waals surface area (Å²) in [6, 6.07) is 0.605. The minimum atomic E-state index is 0.183. The normalized spacial score (nSPS) is 21.6. The van der Waals surface area contributed by atoms with E-state index in [1.54, 1.807) is 0 Å². The van der Waals surface area contributed by atoms with Gasteiger partial charge in [0.25, 0.3) is 0 Å². The fraction of sp³-hybridized carbons (Fsp3) is 1.00. The van der Waals surface area contributed by atoms with Gasteiger partial charge in [0.05, 0.1) is 13.2 Å². The second-order valence-electron chi connectivity index (χ2n) is 4.47. The molecule has 0 amide bonds. The van der Waals surface area contributed by atoms with Gasteiger partial charge in [-0.3, -0.25) is 4.90 Å². The van der Waals surface area contributed by atoms with Crippen LogP contribution >= 0.6 is 0 Å². The SMILES string of the molecule is CC(C)NC(CO)CN1CCCOCC1. The van der Waals surface area contributed by atoms with Gasteiger partial charge < -0.3 is 15.2 Å². The van der Waals surface area contributed by atoms with Crippen molar-refractivity contribution < 1.29 is 9.84 Å². The van der Waals surface area contributed by atoms with E-state index in [-0.39, 0.29) is 12.6 Å². The molecule has 0 aromatic rings. The monoisotopic (exact) mass is 216 g/mol. The predicted octanol–water partition coefficient (Wildman–Crippen LogP) is 0.0676. The molecule has 4 heteroatoms. The molecule has 15 heavy (non-hydrogen) atoms. The highest BCUT2D eigenvalue weighted by Crippen LogP contribution is 2.01. The molecule has 0 spiro atoms. The molecule has 1 heterocycles. The molecular weight excluding hydrogens is 192 g/mol. The Bertz CT molecular complexity index is 157. The number of hydrogen-bond donors (Lipinski definition) is 2. The van der Waals surface area contributed by atoms with Gasteiger partial charge in [-0.05, 0) is 6.42 Å². The summed E-state index contributed by atoms with van der Waals surface area (Å²) < 4.78 is 5.40. The molecule has 1 aliphatic heterocycles. The summed E-state index contributed by atoms with van der Waals surface area (Å²) in [5, 5.41) is 12.6. The Kier molecular flexibility index (Phi) is 6.17. The van der Waals surface area contributed by atoms with Gasteiger partial charge in [0.15, 0.2) is 0 Å². The molecule has 0 radical (unpaired) electrons. The van der Waals surface area contributed by atoms with E-state index in [0.29, 0.717) is 6.04 Å². The van der Waals surface area contributed by atoms with Crippen molar-refractivity contribution in [3.8, 4) is 0 Å². The van der Waals surface area contributed by atoms with Gasteiger partial charge in [0, 0.05) is 38.3 Å². The molecule has 1 atom stereocenters. The lowest BCUT2D eigenvalue weighted by atomic mass is 10.2. The molecule has 0 aliphatic carbocycles. The molecular formula is C11H24N2O2. The van der Waals surface area contributed by atoms with E-state index in [1.165, 1.54) is 0 Å². The maximum Gasteiger partial charge on any atom is 0.0597 e. The van der Waals surface area contributed by atoms with Crippen LogP contribution in [-0.4, -0.2) is 61.5 Å². The highest BCUT2D eigenvalue weighted by atomic mass is 16.5. The maximum atomic E-state index is 9.26. The zero-order valence-corrected chi connectivity index (χ0v) is 9.91. The maximum absolute atomic E-state index is 9.26. The molecule has 0 saturated carbocycles. The molecule has 1 aliphatic rings. The van der Waals surface area contributed by atoms with Crippen LogP contribution in [0.3, 0.4) is 0 Å². The van der Waals surface area contributed by atoms with Crippen molar-refractivity contribution in [1.82, 2.24) is 10.2 Å². The topological polar surface area (TPSA) is 44.7 Å². The Morgan fingerprint density at radius 2 is 2.13 bits per heavy atom. The first-order chi connectivity index (χ1) is 7.22. The predicted molar refractivity (Wildman–Crippen MR) is 61.0 cm³/mol. The van der Waals surface area contributed by atoms with Crippen LogP contribution in [0.15, 0.2) is 0 Å². The highest BCUT2D eigenvalue weighted by molar-refractivity contribution is 4.74. The van der Waals surface area contributed by atoms with Gasteiger partial charge in [-0.15, -0.1) is 0 Å². The molecule has 0 aromatic heterocycles. The van der Waals surface area contributed by atoms with Crippen LogP contribution in [0.2, 0.25) is 0 Å². The Morgan fingerprint density at radius 3 is 2.80 bits per heavy atom. The lowest BCUT2D eigenvalue weighted by molar-refractivity contribution is 0.134. The average Bonchev–Trinajstić information content (AvgIpc) is 2.44. The van der Waals surface area contributed by atoms with Gasteiger partial charge >= 0.3 is 0 Å². The number of nitrogens with one attached hydrogen (secondary N) is 1. The van der Waals surface area contributed by atoms with Crippen LogP contribution in [0.5, 0.6) is 0 Å². The quantitative estimate of drug-likeness (QED) is 0.682. The number of rotatable bonds is 5. The van der Waals surface area contributed by atoms with Crippen molar-refractivity contribution in [1.29, 1.82) is 0 Å². The third-order valence-electron chi connectivity index (χ3n) is 2.58. The number of nitrogens with zero attached hydrogens (tertiary/aromatic N) is 1. The number of hydrogen-bond acceptors (Lipinski definition) is 4. The molecule has 2 N–H and O–H groups in total. The van der Waals surface area contributed by atoms with Crippen LogP contribution in [-0.2, 0) is 4.74 Å². The number of aliphatic hydroxyl groups excluding tert-OH is 1. The second-order valence-corrected chi connectivity index (χ2v) is 4.47. The van der Waals surface area contributed by atoms with Crippen molar-refractivity contribution in [2.45, 2.75) is 32.4 Å². The van der Waals surface area contributed by atoms with Gasteiger partial charge in [-0.2, -0.15) is 0 Å². The van der Waals surface area contributed by atoms with Crippen molar-refractivity contribution in [2.75, 3.05) is 39.5 Å². The minimum Gasteiger partial charge on any atom is -0.395 e. The Balaban J connectivity index is 2.28. The van der Waals surface area contributed by atoms with Crippen LogP contribution in [0.1, 0.15) is 20.3 Å². The smallest absolute Gasteiger partial charge is 0.0597 e. The fourth-order valence-corrected chi connectivity index (χ4v) is 1.93. The molecule has 4 nitrogen and oxygen atoms in total. The summed E-state index contributed by atoms with van der Waals surface area (Å²) in [6.45, 7) is 9.08. The zero-order chi connectivity index (χ0) is 11.1. The lowest BCUT2D eigenvalue weighted by Crippen LogP contribution is -2.46. The Hall–Kier alpha value is -0.160. The van der Waals surface area contributed by atoms with Crippen LogP contribution in [0.4, 0.5) is 0 Å². The standard InChI is InChI=1S/C11H24N2O2/c1-10(2)12-11(9-14)8-13-4-3-6-15-7-5-13/h10-12,14H,3-9H2,1-2H3. The van der Waals surface area contributed by atoms with Crippen molar-refractivity contribution >= 4 is 0 Å². The van der Waals surface area contributed by atoms with Crippen molar-refractivity contribution in [2.24, 2.45) is 0 Å². The van der Waals surface area contributed by atoms with E-state index in [2.05, 4.69) is 24.1 Å². The summed E-state index contributed by atoms with van der Waals surface area (Å²) in [6.07, 6.45) is 1.10. The number of aliphatic hydroxyl groups is 1. The third-order valence-corrected chi connectivity index (χ3v) is 2.58. The molecule has 1 rings (SSSR count). The first-order valence-electron chi connectivity index (χ1n) is 5.89. The first-order valence-corrected chi connectivity index (χ1v) is 5.89. The van der Waals surface area contributed by atoms with Crippen molar-refractivity contribution in [3.05, 3.63) is 0 Å².